The first kappa shape index (κ1) is 17.4. The van der Waals surface area contributed by atoms with Crippen LogP contribution in [0.25, 0.3) is 5.65 Å². The van der Waals surface area contributed by atoms with E-state index in [0.717, 1.165) is 42.2 Å². The van der Waals surface area contributed by atoms with Gasteiger partial charge >= 0.3 is 0 Å². The summed E-state index contributed by atoms with van der Waals surface area (Å²) in [6, 6.07) is 14.0. The Hall–Kier alpha value is -3.02. The normalized spacial score (nSPS) is 17.1. The lowest BCUT2D eigenvalue weighted by molar-refractivity contribution is 0.0709. The maximum Gasteiger partial charge on any atom is 0.274 e. The molecule has 3 aromatic rings. The molecule has 1 N–H and O–H groups in total. The van der Waals surface area contributed by atoms with Gasteiger partial charge in [-0.25, -0.2) is 4.98 Å². The molecule has 27 heavy (non-hydrogen) atoms. The van der Waals surface area contributed by atoms with Gasteiger partial charge in [-0.3, -0.25) is 4.79 Å². The summed E-state index contributed by atoms with van der Waals surface area (Å²) < 4.78 is 7.16. The number of fused-ring (bicyclic) bond motifs is 1. The van der Waals surface area contributed by atoms with Gasteiger partial charge in [-0.1, -0.05) is 6.07 Å². The third-order valence-corrected chi connectivity index (χ3v) is 5.08. The standard InChI is InChI=1S/C21H24N4O2/c1-15-5-3-7-20-23-19(14-25(15)20)21(26)24-12-4-6-17(13-24)22-16-8-10-18(27-2)11-9-16/h3,5,7-11,14,17,22H,4,6,12-13H2,1-2H3. The van der Waals surface area contributed by atoms with E-state index in [1.165, 1.54) is 0 Å². The summed E-state index contributed by atoms with van der Waals surface area (Å²) in [6.45, 7) is 3.46. The average Bonchev–Trinajstić information content (AvgIpc) is 3.14. The number of nitrogens with zero attached hydrogens (tertiary/aromatic N) is 3. The molecule has 1 amide bonds. The van der Waals surface area contributed by atoms with Crippen LogP contribution in [-0.4, -0.2) is 46.4 Å². The van der Waals surface area contributed by atoms with Gasteiger partial charge in [-0.15, -0.1) is 0 Å². The highest BCUT2D eigenvalue weighted by atomic mass is 16.5. The van der Waals surface area contributed by atoms with Gasteiger partial charge in [0.2, 0.25) is 0 Å². The van der Waals surface area contributed by atoms with Crippen LogP contribution in [0.1, 0.15) is 29.0 Å². The minimum absolute atomic E-state index is 0.000620. The summed E-state index contributed by atoms with van der Waals surface area (Å²) >= 11 is 0. The van der Waals surface area contributed by atoms with Crippen molar-refractivity contribution in [3.05, 3.63) is 60.0 Å². The summed E-state index contributed by atoms with van der Waals surface area (Å²) in [6.07, 6.45) is 3.86. The second kappa shape index (κ2) is 7.31. The number of methoxy groups -OCH3 is 1. The maximum atomic E-state index is 13.0. The molecule has 1 unspecified atom stereocenters. The molecule has 0 spiro atoms. The molecule has 3 heterocycles. The Morgan fingerprint density at radius 3 is 2.78 bits per heavy atom. The highest BCUT2D eigenvalue weighted by Gasteiger charge is 2.26. The van der Waals surface area contributed by atoms with Gasteiger partial charge in [0.1, 0.15) is 17.1 Å². The van der Waals surface area contributed by atoms with E-state index in [0.29, 0.717) is 12.2 Å². The second-order valence-electron chi connectivity index (χ2n) is 6.98. The van der Waals surface area contributed by atoms with Crippen molar-refractivity contribution in [1.82, 2.24) is 14.3 Å². The van der Waals surface area contributed by atoms with E-state index in [9.17, 15) is 4.79 Å². The quantitative estimate of drug-likeness (QED) is 0.771. The van der Waals surface area contributed by atoms with Gasteiger partial charge in [-0.05, 0) is 56.2 Å². The zero-order chi connectivity index (χ0) is 18.8. The molecule has 1 aromatic carbocycles. The molecule has 0 radical (unpaired) electrons. The van der Waals surface area contributed by atoms with Crippen molar-refractivity contribution >= 4 is 17.2 Å². The Morgan fingerprint density at radius 2 is 2.04 bits per heavy atom. The number of rotatable bonds is 4. The molecule has 0 saturated carbocycles. The summed E-state index contributed by atoms with van der Waals surface area (Å²) in [5.41, 5.74) is 3.42. The number of imidazole rings is 1. The summed E-state index contributed by atoms with van der Waals surface area (Å²) in [5.74, 6) is 0.836. The molecular weight excluding hydrogens is 340 g/mol. The van der Waals surface area contributed by atoms with E-state index in [-0.39, 0.29) is 11.9 Å². The van der Waals surface area contributed by atoms with Gasteiger partial charge in [0, 0.05) is 36.7 Å². The zero-order valence-corrected chi connectivity index (χ0v) is 15.7. The molecule has 4 rings (SSSR count). The molecule has 0 bridgehead atoms. The van der Waals surface area contributed by atoms with Crippen molar-refractivity contribution < 1.29 is 9.53 Å². The van der Waals surface area contributed by atoms with Crippen LogP contribution < -0.4 is 10.1 Å². The lowest BCUT2D eigenvalue weighted by Crippen LogP contribution is -2.45. The van der Waals surface area contributed by atoms with Gasteiger partial charge < -0.3 is 19.4 Å². The Kier molecular flexibility index (Phi) is 4.71. The molecule has 6 nitrogen and oxygen atoms in total. The number of anilines is 1. The first-order valence-corrected chi connectivity index (χ1v) is 9.28. The molecule has 0 aliphatic carbocycles. The molecule has 140 valence electrons. The minimum atomic E-state index is -0.000620. The first-order valence-electron chi connectivity index (χ1n) is 9.28. The Labute approximate surface area is 158 Å². The van der Waals surface area contributed by atoms with Crippen LogP contribution in [0.2, 0.25) is 0 Å². The van der Waals surface area contributed by atoms with Gasteiger partial charge in [-0.2, -0.15) is 0 Å². The van der Waals surface area contributed by atoms with Crippen molar-refractivity contribution in [3.8, 4) is 5.75 Å². The monoisotopic (exact) mass is 364 g/mol. The van der Waals surface area contributed by atoms with E-state index in [4.69, 9.17) is 4.74 Å². The largest absolute Gasteiger partial charge is 0.497 e. The van der Waals surface area contributed by atoms with Crippen molar-refractivity contribution in [3.63, 3.8) is 0 Å². The molecule has 2 aromatic heterocycles. The van der Waals surface area contributed by atoms with Crippen molar-refractivity contribution in [1.29, 1.82) is 0 Å². The number of ether oxygens (including phenoxy) is 1. The average molecular weight is 364 g/mol. The Morgan fingerprint density at radius 1 is 1.22 bits per heavy atom. The number of amides is 1. The van der Waals surface area contributed by atoms with Crippen LogP contribution in [0.5, 0.6) is 5.75 Å². The molecule has 1 atom stereocenters. The summed E-state index contributed by atoms with van der Waals surface area (Å²) in [7, 11) is 1.66. The Balaban J connectivity index is 1.46. The van der Waals surface area contributed by atoms with Crippen LogP contribution in [0.15, 0.2) is 48.7 Å². The van der Waals surface area contributed by atoms with Crippen molar-refractivity contribution in [2.45, 2.75) is 25.8 Å². The molecule has 6 heteroatoms. The maximum absolute atomic E-state index is 13.0. The number of pyridine rings is 1. The number of likely N-dealkylation sites (tertiary alicyclic amines) is 1. The van der Waals surface area contributed by atoms with Crippen LogP contribution in [-0.2, 0) is 0 Å². The third-order valence-electron chi connectivity index (χ3n) is 5.08. The zero-order valence-electron chi connectivity index (χ0n) is 15.7. The summed E-state index contributed by atoms with van der Waals surface area (Å²) in [5, 5.41) is 3.53. The predicted molar refractivity (Wildman–Crippen MR) is 105 cm³/mol. The number of hydrogen-bond donors (Lipinski definition) is 1. The van der Waals surface area contributed by atoms with Gasteiger partial charge in [0.05, 0.1) is 7.11 Å². The Bertz CT molecular complexity index is 948. The lowest BCUT2D eigenvalue weighted by Gasteiger charge is -2.33. The molecular formula is C21H24N4O2. The third kappa shape index (κ3) is 3.60. The van der Waals surface area contributed by atoms with E-state index in [1.54, 1.807) is 7.11 Å². The fourth-order valence-corrected chi connectivity index (χ4v) is 3.62. The smallest absolute Gasteiger partial charge is 0.274 e. The number of piperidine rings is 1. The number of benzene rings is 1. The fourth-order valence-electron chi connectivity index (χ4n) is 3.62. The molecule has 1 aliphatic heterocycles. The first-order chi connectivity index (χ1) is 13.1. The predicted octanol–water partition coefficient (Wildman–Crippen LogP) is 3.37. The highest BCUT2D eigenvalue weighted by molar-refractivity contribution is 5.93. The van der Waals surface area contributed by atoms with E-state index in [1.807, 2.05) is 64.9 Å². The number of carbonyl (C=O) groups excluding carboxylic acids is 1. The number of aromatic nitrogens is 2. The highest BCUT2D eigenvalue weighted by Crippen LogP contribution is 2.20. The van der Waals surface area contributed by atoms with E-state index in [2.05, 4.69) is 10.3 Å². The van der Waals surface area contributed by atoms with Crippen LogP contribution in [0, 0.1) is 6.92 Å². The number of hydrogen-bond acceptors (Lipinski definition) is 4. The van der Waals surface area contributed by atoms with E-state index >= 15 is 0 Å². The van der Waals surface area contributed by atoms with Gasteiger partial charge in [0.25, 0.3) is 5.91 Å². The van der Waals surface area contributed by atoms with Gasteiger partial charge in [0.15, 0.2) is 0 Å². The molecule has 1 fully saturated rings. The second-order valence-corrected chi connectivity index (χ2v) is 6.98. The minimum Gasteiger partial charge on any atom is -0.497 e. The lowest BCUT2D eigenvalue weighted by atomic mass is 10.0. The van der Waals surface area contributed by atoms with Crippen molar-refractivity contribution in [2.75, 3.05) is 25.5 Å². The fraction of sp³-hybridized carbons (Fsp3) is 0.333. The SMILES string of the molecule is COc1ccc(NC2CCCN(C(=O)c3cn4c(C)cccc4n3)C2)cc1. The topological polar surface area (TPSA) is 58.9 Å². The molecule has 1 aliphatic rings. The number of aryl methyl sites for hydroxylation is 1. The van der Waals surface area contributed by atoms with Crippen molar-refractivity contribution in [2.24, 2.45) is 0 Å². The molecule has 1 saturated heterocycles. The van der Waals surface area contributed by atoms with Crippen LogP contribution >= 0.6 is 0 Å². The van der Waals surface area contributed by atoms with Crippen LogP contribution in [0.3, 0.4) is 0 Å². The number of nitrogens with one attached hydrogen (secondary N) is 1. The summed E-state index contributed by atoms with van der Waals surface area (Å²) in [4.78, 5) is 19.4. The van der Waals surface area contributed by atoms with Crippen LogP contribution in [0.4, 0.5) is 5.69 Å². The number of carbonyl (C=O) groups is 1. The van der Waals surface area contributed by atoms with E-state index < -0.39 is 0 Å².